The van der Waals surface area contributed by atoms with E-state index < -0.39 is 0 Å². The van der Waals surface area contributed by atoms with Crippen molar-refractivity contribution in [2.75, 3.05) is 6.54 Å². The highest BCUT2D eigenvalue weighted by Gasteiger charge is 2.04. The van der Waals surface area contributed by atoms with Crippen molar-refractivity contribution < 1.29 is 4.39 Å². The topological polar surface area (TPSA) is 29.9 Å². The first kappa shape index (κ1) is 12.8. The Morgan fingerprint density at radius 3 is 3.00 bits per heavy atom. The fourth-order valence-corrected chi connectivity index (χ4v) is 1.89. The summed E-state index contributed by atoms with van der Waals surface area (Å²) in [6.07, 6.45) is 4.74. The largest absolute Gasteiger partial charge is 0.310 e. The van der Waals surface area contributed by atoms with Gasteiger partial charge in [-0.15, -0.1) is 0 Å². The van der Waals surface area contributed by atoms with Crippen LogP contribution in [0.5, 0.6) is 0 Å². The van der Waals surface area contributed by atoms with E-state index in [2.05, 4.69) is 10.4 Å². The second-order valence-electron chi connectivity index (χ2n) is 4.35. The van der Waals surface area contributed by atoms with Crippen LogP contribution >= 0.6 is 0 Å². The lowest BCUT2D eigenvalue weighted by molar-refractivity contribution is 0.505. The molecule has 0 aliphatic rings. The Balaban J connectivity index is 1.73. The number of nitrogens with zero attached hydrogens (tertiary/aromatic N) is 2. The Morgan fingerprint density at radius 2 is 2.28 bits per heavy atom. The molecular formula is C14H18FN3. The van der Waals surface area contributed by atoms with Crippen molar-refractivity contribution in [1.29, 1.82) is 0 Å². The fraction of sp³-hybridized carbons (Fsp3) is 0.357. The van der Waals surface area contributed by atoms with Crippen molar-refractivity contribution in [2.24, 2.45) is 0 Å². The minimum absolute atomic E-state index is 0.165. The Labute approximate surface area is 107 Å². The van der Waals surface area contributed by atoms with Gasteiger partial charge in [0.2, 0.25) is 0 Å². The van der Waals surface area contributed by atoms with Crippen LogP contribution in [0.25, 0.3) is 0 Å². The molecule has 1 atom stereocenters. The van der Waals surface area contributed by atoms with Crippen LogP contribution in [0.3, 0.4) is 0 Å². The quantitative estimate of drug-likeness (QED) is 0.795. The molecule has 0 saturated carbocycles. The van der Waals surface area contributed by atoms with Crippen LogP contribution in [-0.2, 0) is 6.54 Å². The molecule has 1 heterocycles. The summed E-state index contributed by atoms with van der Waals surface area (Å²) >= 11 is 0. The molecule has 2 aromatic rings. The number of nitrogens with one attached hydrogen (secondary N) is 1. The maximum absolute atomic E-state index is 13.1. The molecule has 1 aromatic heterocycles. The zero-order chi connectivity index (χ0) is 12.8. The van der Waals surface area contributed by atoms with Crippen LogP contribution in [0.1, 0.15) is 24.9 Å². The maximum atomic E-state index is 13.1. The molecule has 0 radical (unpaired) electrons. The van der Waals surface area contributed by atoms with Gasteiger partial charge in [0.15, 0.2) is 0 Å². The Bertz CT molecular complexity index is 468. The van der Waals surface area contributed by atoms with Gasteiger partial charge < -0.3 is 5.32 Å². The molecule has 0 fully saturated rings. The van der Waals surface area contributed by atoms with Crippen molar-refractivity contribution >= 4 is 0 Å². The summed E-state index contributed by atoms with van der Waals surface area (Å²) in [6, 6.07) is 8.81. The Hall–Kier alpha value is -1.68. The van der Waals surface area contributed by atoms with E-state index in [0.717, 1.165) is 25.1 Å². The second kappa shape index (κ2) is 6.31. The summed E-state index contributed by atoms with van der Waals surface area (Å²) in [6.45, 7) is 3.83. The van der Waals surface area contributed by atoms with E-state index >= 15 is 0 Å². The molecule has 0 saturated heterocycles. The van der Waals surface area contributed by atoms with Crippen molar-refractivity contribution in [2.45, 2.75) is 25.9 Å². The lowest BCUT2D eigenvalue weighted by Gasteiger charge is -2.14. The van der Waals surface area contributed by atoms with Crippen LogP contribution in [0.2, 0.25) is 0 Å². The third-order valence-corrected chi connectivity index (χ3v) is 2.92. The molecular weight excluding hydrogens is 229 g/mol. The molecule has 96 valence electrons. The number of hydrogen-bond acceptors (Lipinski definition) is 2. The van der Waals surface area contributed by atoms with Gasteiger partial charge in [0.1, 0.15) is 5.82 Å². The van der Waals surface area contributed by atoms with E-state index in [1.807, 2.05) is 29.9 Å². The fourth-order valence-electron chi connectivity index (χ4n) is 1.89. The average Bonchev–Trinajstić information content (AvgIpc) is 2.87. The Kier molecular flexibility index (Phi) is 4.47. The van der Waals surface area contributed by atoms with E-state index in [9.17, 15) is 4.39 Å². The first-order valence-corrected chi connectivity index (χ1v) is 6.22. The standard InChI is InChI=1S/C14H18FN3/c1-12(13-5-2-6-14(15)11-13)16-7-3-9-18-10-4-8-17-18/h2,4-6,8,10-12,16H,3,7,9H2,1H3. The number of aromatic nitrogens is 2. The number of rotatable bonds is 6. The first-order valence-electron chi connectivity index (χ1n) is 6.22. The molecule has 18 heavy (non-hydrogen) atoms. The third-order valence-electron chi connectivity index (χ3n) is 2.92. The summed E-state index contributed by atoms with van der Waals surface area (Å²) in [5.41, 5.74) is 0.981. The molecule has 1 aromatic carbocycles. The lowest BCUT2D eigenvalue weighted by Crippen LogP contribution is -2.21. The Morgan fingerprint density at radius 1 is 1.39 bits per heavy atom. The smallest absolute Gasteiger partial charge is 0.123 e. The summed E-state index contributed by atoms with van der Waals surface area (Å²) in [5, 5.41) is 7.52. The predicted molar refractivity (Wildman–Crippen MR) is 69.7 cm³/mol. The van der Waals surface area contributed by atoms with Gasteiger partial charge in [0.25, 0.3) is 0 Å². The monoisotopic (exact) mass is 247 g/mol. The molecule has 1 unspecified atom stereocenters. The molecule has 2 rings (SSSR count). The maximum Gasteiger partial charge on any atom is 0.123 e. The predicted octanol–water partition coefficient (Wildman–Crippen LogP) is 2.76. The molecule has 3 nitrogen and oxygen atoms in total. The van der Waals surface area contributed by atoms with Gasteiger partial charge >= 0.3 is 0 Å². The number of halogens is 1. The number of aryl methyl sites for hydroxylation is 1. The lowest BCUT2D eigenvalue weighted by atomic mass is 10.1. The highest BCUT2D eigenvalue weighted by molar-refractivity contribution is 5.19. The van der Waals surface area contributed by atoms with Crippen LogP contribution in [-0.4, -0.2) is 16.3 Å². The number of benzene rings is 1. The molecule has 0 amide bonds. The number of hydrogen-bond donors (Lipinski definition) is 1. The zero-order valence-corrected chi connectivity index (χ0v) is 10.5. The van der Waals surface area contributed by atoms with Crippen molar-refractivity contribution in [3.05, 3.63) is 54.1 Å². The minimum Gasteiger partial charge on any atom is -0.310 e. The molecule has 4 heteroatoms. The van der Waals surface area contributed by atoms with E-state index in [1.54, 1.807) is 18.3 Å². The summed E-state index contributed by atoms with van der Waals surface area (Å²) in [4.78, 5) is 0. The normalized spacial score (nSPS) is 12.6. The minimum atomic E-state index is -0.183. The van der Waals surface area contributed by atoms with Crippen LogP contribution in [0.15, 0.2) is 42.7 Å². The summed E-state index contributed by atoms with van der Waals surface area (Å²) in [7, 11) is 0. The van der Waals surface area contributed by atoms with Crippen molar-refractivity contribution in [3.63, 3.8) is 0 Å². The van der Waals surface area contributed by atoms with E-state index in [0.29, 0.717) is 0 Å². The first-order chi connectivity index (χ1) is 8.75. The summed E-state index contributed by atoms with van der Waals surface area (Å²) in [5.74, 6) is -0.183. The van der Waals surface area contributed by atoms with Gasteiger partial charge in [-0.1, -0.05) is 12.1 Å². The van der Waals surface area contributed by atoms with E-state index in [-0.39, 0.29) is 11.9 Å². The van der Waals surface area contributed by atoms with Gasteiger partial charge in [-0.2, -0.15) is 5.10 Å². The third kappa shape index (κ3) is 3.67. The molecule has 0 aliphatic heterocycles. The van der Waals surface area contributed by atoms with Gasteiger partial charge in [0, 0.05) is 25.0 Å². The van der Waals surface area contributed by atoms with E-state index in [4.69, 9.17) is 0 Å². The molecule has 1 N–H and O–H groups in total. The van der Waals surface area contributed by atoms with Crippen LogP contribution < -0.4 is 5.32 Å². The SMILES string of the molecule is CC(NCCCn1cccn1)c1cccc(F)c1. The van der Waals surface area contributed by atoms with Gasteiger partial charge in [0.05, 0.1) is 0 Å². The zero-order valence-electron chi connectivity index (χ0n) is 10.5. The molecule has 0 aliphatic carbocycles. The van der Waals surface area contributed by atoms with Crippen molar-refractivity contribution in [1.82, 2.24) is 15.1 Å². The van der Waals surface area contributed by atoms with Crippen LogP contribution in [0, 0.1) is 5.82 Å². The molecule has 0 spiro atoms. The van der Waals surface area contributed by atoms with Crippen molar-refractivity contribution in [3.8, 4) is 0 Å². The molecule has 0 bridgehead atoms. The van der Waals surface area contributed by atoms with Crippen LogP contribution in [0.4, 0.5) is 4.39 Å². The second-order valence-corrected chi connectivity index (χ2v) is 4.35. The highest BCUT2D eigenvalue weighted by Crippen LogP contribution is 2.13. The highest BCUT2D eigenvalue weighted by atomic mass is 19.1. The van der Waals surface area contributed by atoms with Gasteiger partial charge in [-0.25, -0.2) is 4.39 Å². The summed E-state index contributed by atoms with van der Waals surface area (Å²) < 4.78 is 15.0. The van der Waals surface area contributed by atoms with Gasteiger partial charge in [-0.05, 0) is 43.7 Å². The van der Waals surface area contributed by atoms with E-state index in [1.165, 1.54) is 6.07 Å². The average molecular weight is 247 g/mol. The van der Waals surface area contributed by atoms with Gasteiger partial charge in [-0.3, -0.25) is 4.68 Å².